The number of aryl methyl sites for hydroxylation is 1. The highest BCUT2D eigenvalue weighted by Gasteiger charge is 2.63. The van der Waals surface area contributed by atoms with E-state index in [1.807, 2.05) is 25.1 Å². The Morgan fingerprint density at radius 1 is 0.949 bits per heavy atom. The zero-order valence-corrected chi connectivity index (χ0v) is 21.0. The molecule has 10 heteroatoms. The molecule has 0 saturated carbocycles. The van der Waals surface area contributed by atoms with Gasteiger partial charge in [-0.15, -0.1) is 0 Å². The van der Waals surface area contributed by atoms with Crippen molar-refractivity contribution in [1.82, 2.24) is 10.6 Å². The van der Waals surface area contributed by atoms with E-state index < -0.39 is 36.2 Å². The minimum absolute atomic E-state index is 0.0326. The smallest absolute Gasteiger partial charge is 0.350 e. The number of alkyl halides is 5. The first kappa shape index (κ1) is 28.6. The number of halogens is 7. The summed E-state index contributed by atoms with van der Waals surface area (Å²) < 4.78 is 91.6. The minimum atomic E-state index is -5.97. The van der Waals surface area contributed by atoms with Gasteiger partial charge in [-0.2, -0.15) is 22.0 Å². The van der Waals surface area contributed by atoms with Gasteiger partial charge in [0.1, 0.15) is 11.6 Å². The summed E-state index contributed by atoms with van der Waals surface area (Å²) in [6, 6.07) is 16.4. The highest BCUT2D eigenvalue weighted by atomic mass is 19.4. The van der Waals surface area contributed by atoms with Gasteiger partial charge in [-0.3, -0.25) is 4.79 Å². The molecule has 1 saturated heterocycles. The van der Waals surface area contributed by atoms with E-state index in [4.69, 9.17) is 0 Å². The van der Waals surface area contributed by atoms with Gasteiger partial charge in [-0.25, -0.2) is 8.78 Å². The van der Waals surface area contributed by atoms with Crippen LogP contribution >= 0.6 is 0 Å². The van der Waals surface area contributed by atoms with Gasteiger partial charge in [0.05, 0.1) is 0 Å². The lowest BCUT2D eigenvalue weighted by molar-refractivity contribution is -0.269. The van der Waals surface area contributed by atoms with Gasteiger partial charge in [-0.1, -0.05) is 42.5 Å². The van der Waals surface area contributed by atoms with Crippen molar-refractivity contribution in [3.8, 4) is 11.1 Å². The minimum Gasteiger partial charge on any atom is -0.350 e. The maximum Gasteiger partial charge on any atom is 0.463 e. The van der Waals surface area contributed by atoms with Crippen LogP contribution in [-0.4, -0.2) is 37.6 Å². The van der Waals surface area contributed by atoms with Gasteiger partial charge in [0.15, 0.2) is 0 Å². The molecule has 1 aliphatic rings. The molecule has 2 N–H and O–H groups in total. The fraction of sp³-hybridized carbons (Fsp3) is 0.345. The van der Waals surface area contributed by atoms with Crippen molar-refractivity contribution in [2.75, 3.05) is 19.6 Å². The summed E-state index contributed by atoms with van der Waals surface area (Å²) in [6.45, 7) is 2.87. The first-order valence-corrected chi connectivity index (χ1v) is 12.5. The lowest BCUT2D eigenvalue weighted by Gasteiger charge is -2.34. The van der Waals surface area contributed by atoms with Gasteiger partial charge in [0, 0.05) is 25.1 Å². The molecule has 0 aliphatic carbocycles. The Bertz CT molecular complexity index is 1320. The highest BCUT2D eigenvalue weighted by Crippen LogP contribution is 2.40. The maximum absolute atomic E-state index is 13.9. The summed E-state index contributed by atoms with van der Waals surface area (Å²) in [7, 11) is 0. The van der Waals surface area contributed by atoms with Gasteiger partial charge in [-0.05, 0) is 77.7 Å². The van der Waals surface area contributed by atoms with Crippen LogP contribution in [0.3, 0.4) is 0 Å². The van der Waals surface area contributed by atoms with Crippen LogP contribution in [0.4, 0.5) is 30.7 Å². The fourth-order valence-corrected chi connectivity index (χ4v) is 5.20. The third-order valence-electron chi connectivity index (χ3n) is 7.11. The summed E-state index contributed by atoms with van der Waals surface area (Å²) >= 11 is 0. The van der Waals surface area contributed by atoms with E-state index in [1.54, 1.807) is 29.6 Å². The summed E-state index contributed by atoms with van der Waals surface area (Å²) in [4.78, 5) is 11.4. The molecule has 2 atom stereocenters. The Morgan fingerprint density at radius 3 is 2.31 bits per heavy atom. The molecule has 2 unspecified atom stereocenters. The quantitative estimate of drug-likeness (QED) is 0.322. The van der Waals surface area contributed by atoms with E-state index in [9.17, 15) is 35.5 Å². The zero-order valence-electron chi connectivity index (χ0n) is 21.0. The average molecular weight is 553 g/mol. The molecular weight excluding hydrogens is 525 g/mol. The number of carbonyl (C=O) groups is 1. The molecule has 0 aromatic heterocycles. The first-order chi connectivity index (χ1) is 18.4. The lowest BCUT2D eigenvalue weighted by Crippen LogP contribution is -2.50. The third kappa shape index (κ3) is 6.27. The van der Waals surface area contributed by atoms with Gasteiger partial charge >= 0.3 is 12.1 Å². The Morgan fingerprint density at radius 2 is 1.64 bits per heavy atom. The van der Waals surface area contributed by atoms with E-state index in [2.05, 4.69) is 5.32 Å². The molecule has 0 radical (unpaired) electrons. The van der Waals surface area contributed by atoms with Crippen LogP contribution in [-0.2, 0) is 11.2 Å². The van der Waals surface area contributed by atoms with E-state index in [0.717, 1.165) is 34.9 Å². The van der Waals surface area contributed by atoms with Crippen LogP contribution in [0.2, 0.25) is 0 Å². The number of piperidine rings is 1. The van der Waals surface area contributed by atoms with Crippen molar-refractivity contribution in [3.05, 3.63) is 94.6 Å². The molecule has 4 rings (SSSR count). The molecule has 1 aliphatic heterocycles. The molecule has 1 fully saturated rings. The summed E-state index contributed by atoms with van der Waals surface area (Å²) in [5, 5.41) is 5.03. The topological polar surface area (TPSA) is 41.1 Å². The predicted molar refractivity (Wildman–Crippen MR) is 134 cm³/mol. The number of amides is 1. The SMILES string of the molecule is Cc1cc(-c2ccccc2CCNC(=O)C(F)(F)C(F)(F)F)ccc1C1CNCCC1c1cc(F)cc(F)c1. The molecular formula is C29H27F7N2O. The summed E-state index contributed by atoms with van der Waals surface area (Å²) in [5.74, 6) is -9.22. The van der Waals surface area contributed by atoms with Crippen LogP contribution < -0.4 is 10.6 Å². The fourth-order valence-electron chi connectivity index (χ4n) is 5.20. The molecule has 39 heavy (non-hydrogen) atoms. The second-order valence-electron chi connectivity index (χ2n) is 9.72. The third-order valence-corrected chi connectivity index (χ3v) is 7.11. The van der Waals surface area contributed by atoms with Crippen molar-refractivity contribution in [2.24, 2.45) is 0 Å². The standard InChI is InChI=1S/C29H27F7N2O/c1-17-12-19(24-5-3-2-4-18(24)8-11-38-27(39)28(32,33)29(34,35)36)6-7-23(17)26-16-37-10-9-25(26)20-13-21(30)15-22(31)14-20/h2-7,12-15,25-26,37H,8-11,16H2,1H3,(H,38,39). The molecule has 1 heterocycles. The van der Waals surface area contributed by atoms with Crippen LogP contribution in [0.5, 0.6) is 0 Å². The number of carbonyl (C=O) groups excluding carboxylic acids is 1. The van der Waals surface area contributed by atoms with Crippen LogP contribution in [0.25, 0.3) is 11.1 Å². The lowest BCUT2D eigenvalue weighted by atomic mass is 9.75. The van der Waals surface area contributed by atoms with Gasteiger partial charge < -0.3 is 10.6 Å². The number of rotatable bonds is 7. The Labute approximate surface area is 221 Å². The predicted octanol–water partition coefficient (Wildman–Crippen LogP) is 6.66. The van der Waals surface area contributed by atoms with E-state index in [1.165, 1.54) is 12.1 Å². The zero-order chi connectivity index (χ0) is 28.4. The average Bonchev–Trinajstić information content (AvgIpc) is 2.87. The molecule has 3 aromatic rings. The molecule has 3 aromatic carbocycles. The molecule has 0 spiro atoms. The van der Waals surface area contributed by atoms with E-state index >= 15 is 0 Å². The summed E-state index contributed by atoms with van der Waals surface area (Å²) in [6.07, 6.45) is -5.23. The molecule has 0 bridgehead atoms. The Kier molecular flexibility index (Phi) is 8.34. The number of hydrogen-bond donors (Lipinski definition) is 2. The van der Waals surface area contributed by atoms with Crippen LogP contribution in [0.1, 0.15) is 40.5 Å². The van der Waals surface area contributed by atoms with Gasteiger partial charge in [0.25, 0.3) is 5.91 Å². The Balaban J connectivity index is 1.54. The second-order valence-corrected chi connectivity index (χ2v) is 9.72. The monoisotopic (exact) mass is 552 g/mol. The van der Waals surface area contributed by atoms with Crippen molar-refractivity contribution in [3.63, 3.8) is 0 Å². The normalized spacial score (nSPS) is 18.2. The molecule has 208 valence electrons. The molecule has 3 nitrogen and oxygen atoms in total. The number of benzene rings is 3. The summed E-state index contributed by atoms with van der Waals surface area (Å²) in [5.41, 5.74) is 4.76. The van der Waals surface area contributed by atoms with E-state index in [0.29, 0.717) is 24.1 Å². The van der Waals surface area contributed by atoms with Crippen molar-refractivity contribution < 1.29 is 35.5 Å². The van der Waals surface area contributed by atoms with Crippen molar-refractivity contribution >= 4 is 5.91 Å². The first-order valence-electron chi connectivity index (χ1n) is 12.5. The van der Waals surface area contributed by atoms with Crippen molar-refractivity contribution in [1.29, 1.82) is 0 Å². The highest BCUT2D eigenvalue weighted by molar-refractivity contribution is 5.84. The van der Waals surface area contributed by atoms with E-state index in [-0.39, 0.29) is 18.3 Å². The largest absolute Gasteiger partial charge is 0.463 e. The van der Waals surface area contributed by atoms with Crippen LogP contribution in [0, 0.1) is 18.6 Å². The van der Waals surface area contributed by atoms with Crippen LogP contribution in [0.15, 0.2) is 60.7 Å². The molecule has 1 amide bonds. The second kappa shape index (κ2) is 11.4. The number of hydrogen-bond acceptors (Lipinski definition) is 2. The van der Waals surface area contributed by atoms with Gasteiger partial charge in [0.2, 0.25) is 0 Å². The maximum atomic E-state index is 13.9. The number of nitrogens with one attached hydrogen (secondary N) is 2. The Hall–Kier alpha value is -3.40. The van der Waals surface area contributed by atoms with Crippen molar-refractivity contribution in [2.45, 2.75) is 43.7 Å².